The van der Waals surface area contributed by atoms with Crippen LogP contribution in [0.15, 0.2) is 18.2 Å². The van der Waals surface area contributed by atoms with E-state index in [1.807, 2.05) is 4.90 Å². The summed E-state index contributed by atoms with van der Waals surface area (Å²) in [5, 5.41) is 0.712. The van der Waals surface area contributed by atoms with Crippen LogP contribution in [0.5, 0.6) is 0 Å². The number of benzene rings is 1. The van der Waals surface area contributed by atoms with Crippen molar-refractivity contribution in [2.75, 3.05) is 45.8 Å². The number of hydrogen-bond donors (Lipinski definition) is 0. The number of thiazole rings is 1. The molecule has 1 aromatic heterocycles. The van der Waals surface area contributed by atoms with Gasteiger partial charge in [0.05, 0.1) is 20.8 Å². The molecule has 1 aromatic carbocycles. The van der Waals surface area contributed by atoms with Gasteiger partial charge in [-0.05, 0) is 31.2 Å². The predicted octanol–water partition coefficient (Wildman–Crippen LogP) is 3.49. The zero-order valence-electron chi connectivity index (χ0n) is 17.1. The molecule has 30 heavy (non-hydrogen) atoms. The van der Waals surface area contributed by atoms with Crippen molar-refractivity contribution in [2.24, 2.45) is 0 Å². The lowest BCUT2D eigenvalue weighted by molar-refractivity contribution is -0.137. The number of fused-ring (bicyclic) bond motifs is 1. The van der Waals surface area contributed by atoms with Gasteiger partial charge in [-0.2, -0.15) is 13.2 Å². The van der Waals surface area contributed by atoms with E-state index in [9.17, 15) is 18.0 Å². The minimum atomic E-state index is -4.37. The van der Waals surface area contributed by atoms with E-state index in [1.54, 1.807) is 0 Å². The van der Waals surface area contributed by atoms with Gasteiger partial charge in [-0.3, -0.25) is 9.69 Å². The average molecular weight is 441 g/mol. The van der Waals surface area contributed by atoms with Gasteiger partial charge in [-0.1, -0.05) is 6.92 Å². The number of carbonyl (C=O) groups is 1. The van der Waals surface area contributed by atoms with Crippen LogP contribution >= 0.6 is 11.3 Å². The molecular formula is C21H27F3N4OS. The largest absolute Gasteiger partial charge is 0.416 e. The van der Waals surface area contributed by atoms with Gasteiger partial charge >= 0.3 is 6.18 Å². The summed E-state index contributed by atoms with van der Waals surface area (Å²) < 4.78 is 39.3. The van der Waals surface area contributed by atoms with E-state index in [0.29, 0.717) is 29.4 Å². The van der Waals surface area contributed by atoms with Crippen LogP contribution in [-0.4, -0.2) is 77.4 Å². The Morgan fingerprint density at radius 2 is 1.97 bits per heavy atom. The molecule has 1 unspecified atom stereocenters. The fourth-order valence-electron chi connectivity index (χ4n) is 4.34. The van der Waals surface area contributed by atoms with E-state index in [0.717, 1.165) is 69.1 Å². The number of likely N-dealkylation sites (N-methyl/N-ethyl adjacent to an activating group) is 1. The topological polar surface area (TPSA) is 39.7 Å². The average Bonchev–Trinajstić information content (AvgIpc) is 3.38. The summed E-state index contributed by atoms with van der Waals surface area (Å²) in [5.74, 6) is 0.111. The van der Waals surface area contributed by atoms with Crippen molar-refractivity contribution in [1.82, 2.24) is 19.7 Å². The smallest absolute Gasteiger partial charge is 0.341 e. The molecule has 2 aliphatic rings. The summed E-state index contributed by atoms with van der Waals surface area (Å²) in [6.45, 7) is 9.15. The molecule has 4 rings (SSSR count). The van der Waals surface area contributed by atoms with E-state index < -0.39 is 11.7 Å². The minimum absolute atomic E-state index is 0.111. The Bertz CT molecular complexity index is 892. The zero-order chi connectivity index (χ0) is 21.3. The third kappa shape index (κ3) is 4.78. The van der Waals surface area contributed by atoms with E-state index in [2.05, 4.69) is 21.7 Å². The highest BCUT2D eigenvalue weighted by Crippen LogP contribution is 2.33. The summed E-state index contributed by atoms with van der Waals surface area (Å²) in [4.78, 5) is 23.9. The summed E-state index contributed by atoms with van der Waals surface area (Å²) in [6.07, 6.45) is -2.54. The quantitative estimate of drug-likeness (QED) is 0.714. The second-order valence-electron chi connectivity index (χ2n) is 8.04. The highest BCUT2D eigenvalue weighted by Gasteiger charge is 2.32. The monoisotopic (exact) mass is 440 g/mol. The van der Waals surface area contributed by atoms with Crippen LogP contribution in [0.4, 0.5) is 13.2 Å². The molecule has 1 atom stereocenters. The maximum Gasteiger partial charge on any atom is 0.416 e. The molecule has 2 aliphatic heterocycles. The number of halogens is 3. The molecule has 164 valence electrons. The number of rotatable bonds is 5. The van der Waals surface area contributed by atoms with Crippen LogP contribution < -0.4 is 0 Å². The molecule has 2 fully saturated rings. The highest BCUT2D eigenvalue weighted by molar-refractivity contribution is 7.18. The first kappa shape index (κ1) is 21.5. The first-order chi connectivity index (χ1) is 14.3. The number of amides is 1. The molecule has 0 spiro atoms. The van der Waals surface area contributed by atoms with Crippen LogP contribution in [0.3, 0.4) is 0 Å². The maximum absolute atomic E-state index is 12.9. The number of alkyl halides is 3. The Labute approximate surface area is 178 Å². The molecule has 0 bridgehead atoms. The maximum atomic E-state index is 12.9. The van der Waals surface area contributed by atoms with E-state index >= 15 is 0 Å². The molecule has 9 heteroatoms. The van der Waals surface area contributed by atoms with Crippen molar-refractivity contribution < 1.29 is 18.0 Å². The second kappa shape index (κ2) is 8.80. The summed E-state index contributed by atoms with van der Waals surface area (Å²) >= 11 is 1.36. The third-order valence-electron chi connectivity index (χ3n) is 6.20. The molecule has 2 saturated heterocycles. The summed E-state index contributed by atoms with van der Waals surface area (Å²) in [5.41, 5.74) is -0.337. The standard InChI is InChI=1S/C21H27F3N4OS/c1-2-26-9-11-27(12-10-26)16-7-8-28(14-16)20(29)6-5-19-25-17-13-15(21(22,23)24)3-4-18(17)30-19/h3-4,13,16H,2,5-12,14H2,1H3. The van der Waals surface area contributed by atoms with Crippen molar-refractivity contribution in [2.45, 2.75) is 38.4 Å². The van der Waals surface area contributed by atoms with Gasteiger partial charge in [0.1, 0.15) is 0 Å². The Morgan fingerprint density at radius 3 is 2.67 bits per heavy atom. The van der Waals surface area contributed by atoms with Crippen molar-refractivity contribution in [1.29, 1.82) is 0 Å². The first-order valence-corrected chi connectivity index (χ1v) is 11.4. The lowest BCUT2D eigenvalue weighted by atomic mass is 10.2. The molecule has 5 nitrogen and oxygen atoms in total. The summed E-state index contributed by atoms with van der Waals surface area (Å²) in [7, 11) is 0. The van der Waals surface area contributed by atoms with E-state index in [4.69, 9.17) is 0 Å². The number of piperazine rings is 1. The van der Waals surface area contributed by atoms with E-state index in [-0.39, 0.29) is 5.91 Å². The number of aromatic nitrogens is 1. The predicted molar refractivity (Wildman–Crippen MR) is 112 cm³/mol. The van der Waals surface area contributed by atoms with E-state index in [1.165, 1.54) is 17.4 Å². The normalized spacial score (nSPS) is 21.6. The highest BCUT2D eigenvalue weighted by atomic mass is 32.1. The van der Waals surface area contributed by atoms with Crippen molar-refractivity contribution >= 4 is 27.5 Å². The van der Waals surface area contributed by atoms with Crippen molar-refractivity contribution in [3.63, 3.8) is 0 Å². The zero-order valence-corrected chi connectivity index (χ0v) is 17.9. The van der Waals surface area contributed by atoms with Gasteiger partial charge in [0.15, 0.2) is 0 Å². The molecule has 1 amide bonds. The fraction of sp³-hybridized carbons (Fsp3) is 0.619. The molecule has 0 saturated carbocycles. The van der Waals surface area contributed by atoms with Gasteiger partial charge in [-0.15, -0.1) is 11.3 Å². The Kier molecular flexibility index (Phi) is 6.31. The van der Waals surface area contributed by atoms with Crippen LogP contribution in [0.2, 0.25) is 0 Å². The SMILES string of the molecule is CCN1CCN(C2CCN(C(=O)CCc3nc4cc(C(F)(F)F)ccc4s3)C2)CC1. The molecule has 2 aromatic rings. The van der Waals surface area contributed by atoms with Gasteiger partial charge < -0.3 is 9.80 Å². The number of likely N-dealkylation sites (tertiary alicyclic amines) is 1. The summed E-state index contributed by atoms with van der Waals surface area (Å²) in [6, 6.07) is 4.07. The number of aryl methyl sites for hydroxylation is 1. The van der Waals surface area contributed by atoms with Crippen LogP contribution in [0.25, 0.3) is 10.2 Å². The van der Waals surface area contributed by atoms with Crippen molar-refractivity contribution in [3.05, 3.63) is 28.8 Å². The Hall–Kier alpha value is -1.71. The minimum Gasteiger partial charge on any atom is -0.341 e. The lowest BCUT2D eigenvalue weighted by Gasteiger charge is -2.37. The van der Waals surface area contributed by atoms with Gasteiger partial charge in [0.2, 0.25) is 5.91 Å². The third-order valence-corrected chi connectivity index (χ3v) is 7.29. The van der Waals surface area contributed by atoms with Crippen LogP contribution in [0, 0.1) is 0 Å². The fourth-order valence-corrected chi connectivity index (χ4v) is 5.29. The lowest BCUT2D eigenvalue weighted by Crippen LogP contribution is -2.51. The molecular weight excluding hydrogens is 413 g/mol. The Balaban J connectivity index is 1.30. The second-order valence-corrected chi connectivity index (χ2v) is 9.16. The van der Waals surface area contributed by atoms with Gasteiger partial charge in [-0.25, -0.2) is 4.98 Å². The molecule has 0 N–H and O–H groups in total. The van der Waals surface area contributed by atoms with Crippen LogP contribution in [-0.2, 0) is 17.4 Å². The number of carbonyl (C=O) groups excluding carboxylic acids is 1. The number of nitrogens with zero attached hydrogens (tertiary/aromatic N) is 4. The van der Waals surface area contributed by atoms with Gasteiger partial charge in [0, 0.05) is 58.2 Å². The first-order valence-electron chi connectivity index (χ1n) is 10.5. The molecule has 0 radical (unpaired) electrons. The van der Waals surface area contributed by atoms with Crippen molar-refractivity contribution in [3.8, 4) is 0 Å². The van der Waals surface area contributed by atoms with Crippen LogP contribution in [0.1, 0.15) is 30.3 Å². The Morgan fingerprint density at radius 1 is 1.20 bits per heavy atom. The van der Waals surface area contributed by atoms with Gasteiger partial charge in [0.25, 0.3) is 0 Å². The number of hydrogen-bond acceptors (Lipinski definition) is 5. The molecule has 0 aliphatic carbocycles. The molecule has 3 heterocycles.